The fraction of sp³-hybridized carbons (Fsp3) is 0.444. The molecule has 76 valence electrons. The molecule has 14 heavy (non-hydrogen) atoms. The first-order valence-electron chi connectivity index (χ1n) is 4.57. The van der Waals surface area contributed by atoms with E-state index < -0.39 is 0 Å². The van der Waals surface area contributed by atoms with E-state index in [1.54, 1.807) is 6.07 Å². The Hall–Kier alpha value is -1.00. The Balaban J connectivity index is 2.16. The van der Waals surface area contributed by atoms with Crippen LogP contribution in [0.25, 0.3) is 0 Å². The van der Waals surface area contributed by atoms with Crippen molar-refractivity contribution < 1.29 is 5.11 Å². The normalized spacial score (nSPS) is 19.4. The van der Waals surface area contributed by atoms with Crippen LogP contribution in [0, 0.1) is 0 Å². The lowest BCUT2D eigenvalue weighted by Gasteiger charge is -2.26. The van der Waals surface area contributed by atoms with E-state index in [-0.39, 0.29) is 12.6 Å². The van der Waals surface area contributed by atoms with Crippen molar-refractivity contribution >= 4 is 23.1 Å². The minimum Gasteiger partial charge on any atom is -0.396 e. The molecule has 0 radical (unpaired) electrons. The summed E-state index contributed by atoms with van der Waals surface area (Å²) in [7, 11) is 0. The molecule has 1 aliphatic heterocycles. The van der Waals surface area contributed by atoms with Crippen molar-refractivity contribution in [3.05, 3.63) is 17.3 Å². The van der Waals surface area contributed by atoms with Gasteiger partial charge in [-0.1, -0.05) is 11.6 Å². The number of rotatable bonds is 2. The third-order valence-corrected chi connectivity index (χ3v) is 2.43. The molecule has 4 nitrogen and oxygen atoms in total. The van der Waals surface area contributed by atoms with Gasteiger partial charge in [0.2, 0.25) is 0 Å². The largest absolute Gasteiger partial charge is 0.396 e. The van der Waals surface area contributed by atoms with Crippen molar-refractivity contribution in [3.63, 3.8) is 0 Å². The van der Waals surface area contributed by atoms with Gasteiger partial charge < -0.3 is 15.7 Å². The maximum absolute atomic E-state index is 8.81. The molecule has 1 aromatic heterocycles. The van der Waals surface area contributed by atoms with Gasteiger partial charge >= 0.3 is 0 Å². The molecule has 0 amide bonds. The highest BCUT2D eigenvalue weighted by Gasteiger charge is 2.17. The molecule has 0 saturated carbocycles. The number of pyridine rings is 1. The molecule has 0 fully saturated rings. The average molecular weight is 214 g/mol. The van der Waals surface area contributed by atoms with Crippen LogP contribution in [0.4, 0.5) is 11.5 Å². The summed E-state index contributed by atoms with van der Waals surface area (Å²) in [4.78, 5) is 4.16. The number of anilines is 2. The molecule has 1 atom stereocenters. The Morgan fingerprint density at radius 2 is 2.43 bits per heavy atom. The minimum absolute atomic E-state index is 0.176. The molecular formula is C9H12ClN3O. The smallest absolute Gasteiger partial charge is 0.151 e. The van der Waals surface area contributed by atoms with Gasteiger partial charge in [0.15, 0.2) is 5.82 Å². The lowest BCUT2D eigenvalue weighted by Crippen LogP contribution is -2.34. The van der Waals surface area contributed by atoms with Crippen molar-refractivity contribution in [1.29, 1.82) is 0 Å². The zero-order valence-corrected chi connectivity index (χ0v) is 8.38. The van der Waals surface area contributed by atoms with Crippen LogP contribution < -0.4 is 10.6 Å². The van der Waals surface area contributed by atoms with E-state index in [0.29, 0.717) is 11.6 Å². The van der Waals surface area contributed by atoms with Gasteiger partial charge in [0, 0.05) is 19.2 Å². The molecule has 1 aromatic rings. The maximum atomic E-state index is 8.81. The summed E-state index contributed by atoms with van der Waals surface area (Å²) in [6, 6.07) is 3.87. The standard InChI is InChI=1S/C9H12ClN3O/c10-8-2-1-7-9(13-8)12-6(3-4-14)5-11-7/h1-2,6,11,14H,3-5H2,(H,12,13). The van der Waals surface area contributed by atoms with Crippen LogP contribution in [-0.4, -0.2) is 29.3 Å². The van der Waals surface area contributed by atoms with Gasteiger partial charge in [0.25, 0.3) is 0 Å². The summed E-state index contributed by atoms with van der Waals surface area (Å²) in [5.41, 5.74) is 0.962. The number of hydrogen-bond donors (Lipinski definition) is 3. The van der Waals surface area contributed by atoms with Crippen molar-refractivity contribution in [2.24, 2.45) is 0 Å². The molecule has 2 rings (SSSR count). The summed E-state index contributed by atoms with van der Waals surface area (Å²) >= 11 is 5.77. The Labute approximate surface area is 87.3 Å². The highest BCUT2D eigenvalue weighted by atomic mass is 35.5. The molecule has 5 heteroatoms. The summed E-state index contributed by atoms with van der Waals surface area (Å²) in [6.07, 6.45) is 0.709. The van der Waals surface area contributed by atoms with Crippen LogP contribution >= 0.6 is 11.6 Å². The number of hydrogen-bond acceptors (Lipinski definition) is 4. The van der Waals surface area contributed by atoms with Crippen LogP contribution in [-0.2, 0) is 0 Å². The van der Waals surface area contributed by atoms with Gasteiger partial charge in [-0.05, 0) is 18.6 Å². The average Bonchev–Trinajstić information content (AvgIpc) is 2.17. The quantitative estimate of drug-likeness (QED) is 0.649. The van der Waals surface area contributed by atoms with E-state index in [2.05, 4.69) is 15.6 Å². The Bertz CT molecular complexity index is 332. The first kappa shape index (κ1) is 9.55. The summed E-state index contributed by atoms with van der Waals surface area (Å²) in [5, 5.41) is 15.7. The number of halogens is 1. The fourth-order valence-electron chi connectivity index (χ4n) is 1.50. The SMILES string of the molecule is OCCC1CNc2ccc(Cl)nc2N1. The van der Waals surface area contributed by atoms with E-state index in [4.69, 9.17) is 16.7 Å². The van der Waals surface area contributed by atoms with Crippen LogP contribution in [0.1, 0.15) is 6.42 Å². The summed E-state index contributed by atoms with van der Waals surface area (Å²) in [6.45, 7) is 0.978. The van der Waals surface area contributed by atoms with Crippen LogP contribution in [0.15, 0.2) is 12.1 Å². The van der Waals surface area contributed by atoms with Gasteiger partial charge in [-0.25, -0.2) is 4.98 Å². The maximum Gasteiger partial charge on any atom is 0.151 e. The van der Waals surface area contributed by atoms with Gasteiger partial charge in [-0.3, -0.25) is 0 Å². The minimum atomic E-state index is 0.176. The van der Waals surface area contributed by atoms with Gasteiger partial charge in [-0.15, -0.1) is 0 Å². The Morgan fingerprint density at radius 3 is 3.21 bits per heavy atom. The summed E-state index contributed by atoms with van der Waals surface area (Å²) < 4.78 is 0. The number of fused-ring (bicyclic) bond motifs is 1. The topological polar surface area (TPSA) is 57.2 Å². The molecule has 2 heterocycles. The first-order valence-corrected chi connectivity index (χ1v) is 4.95. The predicted octanol–water partition coefficient (Wildman–Crippen LogP) is 1.32. The van der Waals surface area contributed by atoms with Gasteiger partial charge in [0.1, 0.15) is 5.15 Å². The lowest BCUT2D eigenvalue weighted by molar-refractivity contribution is 0.280. The fourth-order valence-corrected chi connectivity index (χ4v) is 1.64. The second-order valence-corrected chi connectivity index (χ2v) is 3.65. The highest BCUT2D eigenvalue weighted by molar-refractivity contribution is 6.29. The number of nitrogens with one attached hydrogen (secondary N) is 2. The first-order chi connectivity index (χ1) is 6.79. The lowest BCUT2D eigenvalue weighted by atomic mass is 10.1. The van der Waals surface area contributed by atoms with Crippen molar-refractivity contribution in [2.45, 2.75) is 12.5 Å². The number of aromatic nitrogens is 1. The molecule has 1 aliphatic rings. The third-order valence-electron chi connectivity index (χ3n) is 2.22. The molecule has 0 bridgehead atoms. The number of aliphatic hydroxyl groups excluding tert-OH is 1. The van der Waals surface area contributed by atoms with Crippen LogP contribution in [0.5, 0.6) is 0 Å². The predicted molar refractivity (Wildman–Crippen MR) is 56.9 cm³/mol. The Kier molecular flexibility index (Phi) is 2.74. The molecular weight excluding hydrogens is 202 g/mol. The molecule has 1 unspecified atom stereocenters. The molecule has 0 spiro atoms. The molecule has 3 N–H and O–H groups in total. The molecule has 0 aliphatic carbocycles. The van der Waals surface area contributed by atoms with Crippen molar-refractivity contribution in [3.8, 4) is 0 Å². The number of aliphatic hydroxyl groups is 1. The van der Waals surface area contributed by atoms with E-state index in [9.17, 15) is 0 Å². The molecule has 0 aromatic carbocycles. The van der Waals surface area contributed by atoms with E-state index in [0.717, 1.165) is 18.1 Å². The molecule has 0 saturated heterocycles. The second-order valence-electron chi connectivity index (χ2n) is 3.26. The van der Waals surface area contributed by atoms with E-state index in [1.165, 1.54) is 0 Å². The summed E-state index contributed by atoms with van der Waals surface area (Å²) in [5.74, 6) is 0.766. The monoisotopic (exact) mass is 213 g/mol. The highest BCUT2D eigenvalue weighted by Crippen LogP contribution is 2.26. The Morgan fingerprint density at radius 1 is 1.57 bits per heavy atom. The van der Waals surface area contributed by atoms with Gasteiger partial charge in [-0.2, -0.15) is 0 Å². The zero-order valence-electron chi connectivity index (χ0n) is 7.63. The zero-order chi connectivity index (χ0) is 9.97. The van der Waals surface area contributed by atoms with Crippen LogP contribution in [0.3, 0.4) is 0 Å². The van der Waals surface area contributed by atoms with Crippen LogP contribution in [0.2, 0.25) is 5.15 Å². The van der Waals surface area contributed by atoms with Crippen molar-refractivity contribution in [2.75, 3.05) is 23.8 Å². The number of nitrogens with zero attached hydrogens (tertiary/aromatic N) is 1. The van der Waals surface area contributed by atoms with Crippen molar-refractivity contribution in [1.82, 2.24) is 4.98 Å². The van der Waals surface area contributed by atoms with Gasteiger partial charge in [0.05, 0.1) is 5.69 Å². The van der Waals surface area contributed by atoms with E-state index in [1.807, 2.05) is 6.07 Å². The second kappa shape index (κ2) is 4.02. The van der Waals surface area contributed by atoms with E-state index >= 15 is 0 Å². The third kappa shape index (κ3) is 1.91.